The number of halogens is 4. The number of nitrogens with zero attached hydrogens (tertiary/aromatic N) is 1. The van der Waals surface area contributed by atoms with Crippen LogP contribution in [0.4, 0.5) is 11.4 Å². The minimum absolute atomic E-state index is 0.105. The summed E-state index contributed by atoms with van der Waals surface area (Å²) in [6.45, 7) is 0. The van der Waals surface area contributed by atoms with Crippen molar-refractivity contribution in [1.29, 1.82) is 0 Å². The van der Waals surface area contributed by atoms with Gasteiger partial charge in [0, 0.05) is 31.3 Å². The second kappa shape index (κ2) is 11.7. The highest BCUT2D eigenvalue weighted by Crippen LogP contribution is 2.36. The second-order valence-corrected chi connectivity index (χ2v) is 8.85. The van der Waals surface area contributed by atoms with Crippen molar-refractivity contribution >= 4 is 88.4 Å². The van der Waals surface area contributed by atoms with E-state index in [0.29, 0.717) is 31.8 Å². The van der Waals surface area contributed by atoms with Gasteiger partial charge in [-0.15, -0.1) is 0 Å². The molecule has 0 amide bonds. The number of carbonyl (C=O) groups is 2. The number of hydrazine groups is 1. The van der Waals surface area contributed by atoms with E-state index in [4.69, 9.17) is 11.6 Å². The number of anilines is 1. The molecule has 0 atom stereocenters. The van der Waals surface area contributed by atoms with Crippen LogP contribution in [0.15, 0.2) is 54.8 Å². The third-order valence-electron chi connectivity index (χ3n) is 3.65. The number of amidine groups is 1. The van der Waals surface area contributed by atoms with Crippen molar-refractivity contribution in [3.63, 3.8) is 0 Å². The van der Waals surface area contributed by atoms with E-state index < -0.39 is 0 Å². The number of aliphatic imine (C=N–C) groups is 1. The van der Waals surface area contributed by atoms with Crippen LogP contribution in [-0.2, 0) is 14.3 Å². The molecule has 29 heavy (non-hydrogen) atoms. The van der Waals surface area contributed by atoms with Crippen molar-refractivity contribution in [2.24, 2.45) is 4.99 Å². The number of ether oxygens (including phenoxy) is 1. The lowest BCUT2D eigenvalue weighted by Gasteiger charge is -2.13. The second-order valence-electron chi connectivity index (χ2n) is 5.79. The van der Waals surface area contributed by atoms with Crippen LogP contribution >= 0.6 is 59.4 Å². The predicted molar refractivity (Wildman–Crippen MR) is 126 cm³/mol. The Morgan fingerprint density at radius 2 is 1.69 bits per heavy atom. The smallest absolute Gasteiger partial charge is 0.305 e. The first-order chi connectivity index (χ1) is 13.8. The fourth-order valence-corrected chi connectivity index (χ4v) is 4.75. The number of Topliss-reactive ketones (excluding diaryl/α,β-unsaturated/α-hetero) is 1. The molecule has 0 saturated heterocycles. The Kier molecular flexibility index (Phi) is 9.61. The molecule has 2 aromatic rings. The number of nitrogens with one attached hydrogen (secondary N) is 2. The molecule has 0 aliphatic heterocycles. The average molecular weight is 611 g/mol. The molecule has 0 heterocycles. The van der Waals surface area contributed by atoms with Gasteiger partial charge >= 0.3 is 5.97 Å². The zero-order valence-electron chi connectivity index (χ0n) is 15.3. The van der Waals surface area contributed by atoms with Crippen LogP contribution in [0, 0.1) is 0 Å². The number of benzene rings is 2. The molecular formula is C19H17Br3ClN3O3. The predicted octanol–water partition coefficient (Wildman–Crippen LogP) is 6.19. The highest BCUT2D eigenvalue weighted by Gasteiger charge is 2.15. The number of methoxy groups -OCH3 is 1. The summed E-state index contributed by atoms with van der Waals surface area (Å²) in [7, 11) is 1.32. The van der Waals surface area contributed by atoms with Gasteiger partial charge in [0.1, 0.15) is 0 Å². The minimum atomic E-state index is -0.359. The molecule has 154 valence electrons. The summed E-state index contributed by atoms with van der Waals surface area (Å²) >= 11 is 16.2. The molecule has 10 heteroatoms. The number of hydrogen-bond donors (Lipinski definition) is 2. The minimum Gasteiger partial charge on any atom is -0.469 e. The van der Waals surface area contributed by atoms with Gasteiger partial charge in [-0.25, -0.2) is 4.99 Å². The van der Waals surface area contributed by atoms with E-state index in [1.165, 1.54) is 7.11 Å². The highest BCUT2D eigenvalue weighted by molar-refractivity contribution is 9.11. The summed E-state index contributed by atoms with van der Waals surface area (Å²) in [6.07, 6.45) is 0.649. The molecule has 0 unspecified atom stereocenters. The summed E-state index contributed by atoms with van der Waals surface area (Å²) < 4.78 is 6.87. The molecule has 0 bridgehead atoms. The monoisotopic (exact) mass is 607 g/mol. The standard InChI is InChI=1S/C19H17Br3ClN3O3/c1-29-17(28)4-2-3-16(27)19(26-25-13-7-5-12(23)6-8-13)24-18-14(21)9-11(20)10-15(18)22/h5-10,25H,2-4H2,1H3,(H,24,26). The Morgan fingerprint density at radius 3 is 2.28 bits per heavy atom. The lowest BCUT2D eigenvalue weighted by atomic mass is 10.1. The van der Waals surface area contributed by atoms with Crippen molar-refractivity contribution < 1.29 is 14.3 Å². The molecule has 0 radical (unpaired) electrons. The van der Waals surface area contributed by atoms with Crippen LogP contribution in [0.2, 0.25) is 5.02 Å². The van der Waals surface area contributed by atoms with Gasteiger partial charge in [-0.05, 0) is 74.7 Å². The molecule has 2 aromatic carbocycles. The molecule has 2 rings (SSSR count). The van der Waals surface area contributed by atoms with E-state index in [9.17, 15) is 9.59 Å². The maximum Gasteiger partial charge on any atom is 0.305 e. The first-order valence-corrected chi connectivity index (χ1v) is 11.2. The summed E-state index contributed by atoms with van der Waals surface area (Å²) in [5, 5.41) is 0.603. The molecule has 0 spiro atoms. The molecule has 0 saturated carbocycles. The van der Waals surface area contributed by atoms with Gasteiger partial charge in [-0.2, -0.15) is 0 Å². The van der Waals surface area contributed by atoms with Gasteiger partial charge in [0.2, 0.25) is 0 Å². The first-order valence-electron chi connectivity index (χ1n) is 8.41. The molecule has 0 aliphatic carbocycles. The van der Waals surface area contributed by atoms with Crippen molar-refractivity contribution in [3.05, 3.63) is 54.8 Å². The molecule has 2 N–H and O–H groups in total. The average Bonchev–Trinajstić information content (AvgIpc) is 2.67. The quantitative estimate of drug-likeness (QED) is 0.161. The molecular weight excluding hydrogens is 593 g/mol. The first kappa shape index (κ1) is 23.9. The van der Waals surface area contributed by atoms with Crippen molar-refractivity contribution in [2.45, 2.75) is 19.3 Å². The third-order valence-corrected chi connectivity index (χ3v) is 5.57. The van der Waals surface area contributed by atoms with Gasteiger partial charge < -0.3 is 4.74 Å². The largest absolute Gasteiger partial charge is 0.469 e. The third kappa shape index (κ3) is 7.73. The van der Waals surface area contributed by atoms with Crippen LogP contribution < -0.4 is 10.9 Å². The van der Waals surface area contributed by atoms with Gasteiger partial charge in [-0.1, -0.05) is 27.5 Å². The van der Waals surface area contributed by atoms with Crippen molar-refractivity contribution in [3.8, 4) is 0 Å². The Bertz CT molecular complexity index is 898. The van der Waals surface area contributed by atoms with Gasteiger partial charge in [0.15, 0.2) is 11.6 Å². The SMILES string of the molecule is COC(=O)CCCC(=O)C(=Nc1c(Br)cc(Br)cc1Br)NNc1ccc(Cl)cc1. The Labute approximate surface area is 198 Å². The van der Waals surface area contributed by atoms with E-state index in [2.05, 4.69) is 68.4 Å². The maximum absolute atomic E-state index is 12.7. The molecule has 0 aromatic heterocycles. The maximum atomic E-state index is 12.7. The van der Waals surface area contributed by atoms with Crippen LogP contribution in [0.25, 0.3) is 0 Å². The lowest BCUT2D eigenvalue weighted by Crippen LogP contribution is -2.35. The summed E-state index contributed by atoms with van der Waals surface area (Å²) in [5.41, 5.74) is 7.06. The lowest BCUT2D eigenvalue weighted by molar-refractivity contribution is -0.140. The summed E-state index contributed by atoms with van der Waals surface area (Å²) in [6, 6.07) is 10.6. The molecule has 6 nitrogen and oxygen atoms in total. The van der Waals surface area contributed by atoms with Gasteiger partial charge in [-0.3, -0.25) is 20.4 Å². The fraction of sp³-hybridized carbons (Fsp3) is 0.211. The summed E-state index contributed by atoms with van der Waals surface area (Å²) in [5.74, 6) is -0.507. The normalized spacial score (nSPS) is 11.1. The van der Waals surface area contributed by atoms with Gasteiger partial charge in [0.25, 0.3) is 0 Å². The number of carbonyl (C=O) groups excluding carboxylic acids is 2. The zero-order chi connectivity index (χ0) is 21.4. The van der Waals surface area contributed by atoms with E-state index in [1.807, 2.05) is 12.1 Å². The zero-order valence-corrected chi connectivity index (χ0v) is 20.8. The van der Waals surface area contributed by atoms with E-state index in [-0.39, 0.29) is 30.4 Å². The highest BCUT2D eigenvalue weighted by atomic mass is 79.9. The van der Waals surface area contributed by atoms with Crippen molar-refractivity contribution in [2.75, 3.05) is 12.5 Å². The van der Waals surface area contributed by atoms with E-state index >= 15 is 0 Å². The Morgan fingerprint density at radius 1 is 1.07 bits per heavy atom. The van der Waals surface area contributed by atoms with Crippen LogP contribution in [0.3, 0.4) is 0 Å². The van der Waals surface area contributed by atoms with Crippen LogP contribution in [0.5, 0.6) is 0 Å². The number of hydrogen-bond acceptors (Lipinski definition) is 5. The topological polar surface area (TPSA) is 79.8 Å². The van der Waals surface area contributed by atoms with E-state index in [1.54, 1.807) is 24.3 Å². The molecule has 0 aliphatic rings. The van der Waals surface area contributed by atoms with E-state index in [0.717, 1.165) is 4.47 Å². The Hall–Kier alpha value is -1.42. The molecule has 0 fully saturated rings. The number of esters is 1. The van der Waals surface area contributed by atoms with Crippen LogP contribution in [-0.4, -0.2) is 24.7 Å². The fourth-order valence-electron chi connectivity index (χ4n) is 2.19. The van der Waals surface area contributed by atoms with Crippen molar-refractivity contribution in [1.82, 2.24) is 5.43 Å². The Balaban J connectivity index is 2.23. The summed E-state index contributed by atoms with van der Waals surface area (Å²) in [4.78, 5) is 28.5. The van der Waals surface area contributed by atoms with Gasteiger partial charge in [0.05, 0.1) is 18.5 Å². The van der Waals surface area contributed by atoms with Crippen LogP contribution in [0.1, 0.15) is 19.3 Å². The number of rotatable bonds is 8. The number of ketones is 1.